The molecule has 0 spiro atoms. The van der Waals surface area contributed by atoms with E-state index in [0.717, 1.165) is 11.3 Å². The van der Waals surface area contributed by atoms with Gasteiger partial charge in [-0.1, -0.05) is 42.5 Å². The van der Waals surface area contributed by atoms with Crippen LogP contribution in [0, 0.1) is 5.82 Å². The minimum atomic E-state index is -0.274. The highest BCUT2D eigenvalue weighted by Crippen LogP contribution is 2.23. The van der Waals surface area contributed by atoms with Gasteiger partial charge in [-0.3, -0.25) is 4.99 Å². The van der Waals surface area contributed by atoms with Crippen molar-refractivity contribution in [3.05, 3.63) is 65.5 Å². The third-order valence-electron chi connectivity index (χ3n) is 2.97. The van der Waals surface area contributed by atoms with E-state index in [0.29, 0.717) is 22.8 Å². The van der Waals surface area contributed by atoms with E-state index in [9.17, 15) is 4.39 Å². The van der Waals surface area contributed by atoms with E-state index in [1.165, 1.54) is 6.07 Å². The molecule has 0 fully saturated rings. The van der Waals surface area contributed by atoms with Crippen molar-refractivity contribution in [1.82, 2.24) is 0 Å². The maximum absolute atomic E-state index is 14.0. The number of aliphatic imine (C=N–C) groups is 1. The molecule has 3 rings (SSSR count). The first-order valence-electron chi connectivity index (χ1n) is 5.94. The Morgan fingerprint density at radius 1 is 1.00 bits per heavy atom. The summed E-state index contributed by atoms with van der Waals surface area (Å²) in [7, 11) is 0. The van der Waals surface area contributed by atoms with Crippen molar-refractivity contribution < 1.29 is 4.39 Å². The number of fused-ring (bicyclic) bond motifs is 1. The van der Waals surface area contributed by atoms with E-state index in [4.69, 9.17) is 12.2 Å². The summed E-state index contributed by atoms with van der Waals surface area (Å²) >= 11 is 5.19. The van der Waals surface area contributed by atoms with Crippen LogP contribution in [0.5, 0.6) is 0 Å². The number of nitrogens with zero attached hydrogens (tertiary/aromatic N) is 1. The molecule has 0 aromatic heterocycles. The monoisotopic (exact) mass is 270 g/mol. The van der Waals surface area contributed by atoms with Crippen molar-refractivity contribution in [1.29, 1.82) is 0 Å². The lowest BCUT2D eigenvalue weighted by molar-refractivity contribution is 0.625. The molecule has 0 atom stereocenters. The summed E-state index contributed by atoms with van der Waals surface area (Å²) in [6.45, 7) is 0.369. The molecule has 0 saturated carbocycles. The molecule has 0 bridgehead atoms. The second-order valence-electron chi connectivity index (χ2n) is 4.24. The van der Waals surface area contributed by atoms with Crippen molar-refractivity contribution in [3.8, 4) is 0 Å². The van der Waals surface area contributed by atoms with Crippen LogP contribution in [0.25, 0.3) is 0 Å². The largest absolute Gasteiger partial charge is 0.348 e. The number of rotatable bonds is 1. The molecule has 0 saturated heterocycles. The molecule has 2 aromatic carbocycles. The van der Waals surface area contributed by atoms with Crippen LogP contribution < -0.4 is 5.32 Å². The zero-order valence-electron chi connectivity index (χ0n) is 10.1. The minimum Gasteiger partial charge on any atom is -0.348 e. The topological polar surface area (TPSA) is 24.4 Å². The van der Waals surface area contributed by atoms with E-state index >= 15 is 0 Å². The van der Waals surface area contributed by atoms with Crippen LogP contribution in [0.3, 0.4) is 0 Å². The average Bonchev–Trinajstić information content (AvgIpc) is 2.58. The van der Waals surface area contributed by atoms with Gasteiger partial charge in [0.25, 0.3) is 0 Å². The van der Waals surface area contributed by atoms with Crippen LogP contribution in [-0.2, 0) is 0 Å². The first-order valence-corrected chi connectivity index (χ1v) is 6.35. The molecule has 2 aromatic rings. The predicted molar refractivity (Wildman–Crippen MR) is 79.6 cm³/mol. The highest BCUT2D eigenvalue weighted by molar-refractivity contribution is 7.80. The Labute approximate surface area is 116 Å². The van der Waals surface area contributed by atoms with Crippen LogP contribution in [0.1, 0.15) is 11.1 Å². The first kappa shape index (κ1) is 12.0. The van der Waals surface area contributed by atoms with Crippen LogP contribution >= 0.6 is 12.2 Å². The summed E-state index contributed by atoms with van der Waals surface area (Å²) < 4.78 is 14.0. The van der Waals surface area contributed by atoms with Crippen molar-refractivity contribution >= 4 is 28.6 Å². The molecule has 19 heavy (non-hydrogen) atoms. The second kappa shape index (κ2) is 4.90. The normalized spacial score (nSPS) is 14.2. The predicted octanol–water partition coefficient (Wildman–Crippen LogP) is 3.42. The van der Waals surface area contributed by atoms with Crippen LogP contribution in [-0.4, -0.2) is 17.2 Å². The molecule has 0 aliphatic carbocycles. The Morgan fingerprint density at radius 3 is 2.47 bits per heavy atom. The summed E-state index contributed by atoms with van der Waals surface area (Å²) in [5, 5.41) is 3.14. The highest BCUT2D eigenvalue weighted by atomic mass is 32.1. The molecular formula is C15H11FN2S. The SMILES string of the molecule is Fc1ccccc1C1=NCC(=S)Nc2ccccc21. The van der Waals surface area contributed by atoms with Gasteiger partial charge in [0.2, 0.25) is 0 Å². The van der Waals surface area contributed by atoms with Gasteiger partial charge < -0.3 is 5.32 Å². The number of benzodiazepines with no additional fused rings is 1. The van der Waals surface area contributed by atoms with E-state index < -0.39 is 0 Å². The van der Waals surface area contributed by atoms with E-state index in [-0.39, 0.29) is 5.82 Å². The molecule has 1 aliphatic rings. The smallest absolute Gasteiger partial charge is 0.132 e. The lowest BCUT2D eigenvalue weighted by atomic mass is 10.0. The molecule has 1 heterocycles. The number of halogens is 1. The Kier molecular flexibility index (Phi) is 3.09. The molecule has 4 heteroatoms. The second-order valence-corrected chi connectivity index (χ2v) is 4.73. The van der Waals surface area contributed by atoms with Gasteiger partial charge in [0.1, 0.15) is 10.8 Å². The molecule has 0 radical (unpaired) electrons. The highest BCUT2D eigenvalue weighted by Gasteiger charge is 2.17. The zero-order valence-corrected chi connectivity index (χ0v) is 10.9. The molecule has 94 valence electrons. The third-order valence-corrected chi connectivity index (χ3v) is 3.20. The maximum Gasteiger partial charge on any atom is 0.132 e. The van der Waals surface area contributed by atoms with E-state index in [2.05, 4.69) is 10.3 Å². The molecule has 2 nitrogen and oxygen atoms in total. The standard InChI is InChI=1S/C15H11FN2S/c16-12-7-3-1-5-10(12)15-11-6-2-4-8-13(11)18-14(19)9-17-15/h1-8H,9H2,(H,18,19). The fourth-order valence-electron chi connectivity index (χ4n) is 2.11. The van der Waals surface area contributed by atoms with Gasteiger partial charge >= 0.3 is 0 Å². The number of thiocarbonyl (C=S) groups is 1. The summed E-state index contributed by atoms with van der Waals surface area (Å²) in [5.41, 5.74) is 2.88. The average molecular weight is 270 g/mol. The van der Waals surface area contributed by atoms with Gasteiger partial charge in [0, 0.05) is 16.8 Å². The fraction of sp³-hybridized carbons (Fsp3) is 0.0667. The van der Waals surface area contributed by atoms with Crippen molar-refractivity contribution in [3.63, 3.8) is 0 Å². The summed E-state index contributed by atoms with van der Waals surface area (Å²) in [6.07, 6.45) is 0. The fourth-order valence-corrected chi connectivity index (χ4v) is 2.28. The van der Waals surface area contributed by atoms with Gasteiger partial charge in [-0.2, -0.15) is 0 Å². The number of hydrogen-bond acceptors (Lipinski definition) is 2. The number of nitrogens with one attached hydrogen (secondary N) is 1. The summed E-state index contributed by atoms with van der Waals surface area (Å²) in [5.74, 6) is -0.274. The Morgan fingerprint density at radius 2 is 1.68 bits per heavy atom. The van der Waals surface area contributed by atoms with E-state index in [1.54, 1.807) is 18.2 Å². The lowest BCUT2D eigenvalue weighted by Crippen LogP contribution is -2.10. The van der Waals surface area contributed by atoms with Crippen molar-refractivity contribution in [2.75, 3.05) is 11.9 Å². The lowest BCUT2D eigenvalue weighted by Gasteiger charge is -2.10. The van der Waals surface area contributed by atoms with Gasteiger partial charge in [0.15, 0.2) is 0 Å². The van der Waals surface area contributed by atoms with Crippen molar-refractivity contribution in [2.45, 2.75) is 0 Å². The summed E-state index contributed by atoms with van der Waals surface area (Å²) in [4.78, 5) is 5.09. The third kappa shape index (κ3) is 2.27. The quantitative estimate of drug-likeness (QED) is 0.803. The number of para-hydroxylation sites is 1. The van der Waals surface area contributed by atoms with E-state index in [1.807, 2.05) is 24.3 Å². The maximum atomic E-state index is 14.0. The van der Waals surface area contributed by atoms with Gasteiger partial charge in [-0.15, -0.1) is 0 Å². The molecule has 1 N–H and O–H groups in total. The summed E-state index contributed by atoms with van der Waals surface area (Å²) in [6, 6.07) is 14.3. The first-order chi connectivity index (χ1) is 9.25. The molecule has 0 amide bonds. The number of anilines is 1. The van der Waals surface area contributed by atoms with Gasteiger partial charge in [-0.25, -0.2) is 4.39 Å². The van der Waals surface area contributed by atoms with Crippen LogP contribution in [0.2, 0.25) is 0 Å². The van der Waals surface area contributed by atoms with Gasteiger partial charge in [-0.05, 0) is 18.2 Å². The Balaban J connectivity index is 2.21. The van der Waals surface area contributed by atoms with Crippen molar-refractivity contribution in [2.24, 2.45) is 4.99 Å². The zero-order chi connectivity index (χ0) is 13.2. The minimum absolute atomic E-state index is 0.274. The molecule has 1 aliphatic heterocycles. The molecular weight excluding hydrogens is 259 g/mol. The number of benzene rings is 2. The molecule has 0 unspecified atom stereocenters. The Hall–Kier alpha value is -2.07. The van der Waals surface area contributed by atoms with Gasteiger partial charge in [0.05, 0.1) is 12.3 Å². The van der Waals surface area contributed by atoms with Crippen LogP contribution in [0.15, 0.2) is 53.5 Å². The number of hydrogen-bond donors (Lipinski definition) is 1. The van der Waals surface area contributed by atoms with Crippen LogP contribution in [0.4, 0.5) is 10.1 Å². The Bertz CT molecular complexity index is 679.